The van der Waals surface area contributed by atoms with Gasteiger partial charge in [-0.15, -0.1) is 0 Å². The summed E-state index contributed by atoms with van der Waals surface area (Å²) in [6, 6.07) is 4.95. The van der Waals surface area contributed by atoms with Crippen molar-refractivity contribution < 1.29 is 14.3 Å². The van der Waals surface area contributed by atoms with Gasteiger partial charge >= 0.3 is 6.03 Å². The molecule has 1 atom stereocenters. The molecule has 0 fully saturated rings. The normalized spacial score (nSPS) is 21.2. The molecule has 2 heterocycles. The van der Waals surface area contributed by atoms with Gasteiger partial charge in [-0.05, 0) is 31.5 Å². The highest BCUT2D eigenvalue weighted by atomic mass is 16.7. The summed E-state index contributed by atoms with van der Waals surface area (Å²) >= 11 is 0. The van der Waals surface area contributed by atoms with E-state index in [1.807, 2.05) is 32.0 Å². The number of hydrogen-bond acceptors (Lipinski definition) is 4. The third kappa shape index (κ3) is 1.80. The largest absolute Gasteiger partial charge is 0.454 e. The average Bonchev–Trinajstić information content (AvgIpc) is 2.91. The fourth-order valence-electron chi connectivity index (χ4n) is 2.42. The maximum absolute atomic E-state index is 11.8. The van der Waals surface area contributed by atoms with Crippen molar-refractivity contribution in [2.24, 2.45) is 10.7 Å². The number of hydrogen-bond donors (Lipinski definition) is 1. The minimum atomic E-state index is -0.331. The lowest BCUT2D eigenvalue weighted by atomic mass is 10.0. The van der Waals surface area contributed by atoms with Crippen LogP contribution in [-0.2, 0) is 0 Å². The van der Waals surface area contributed by atoms with Gasteiger partial charge in [0, 0.05) is 6.04 Å². The van der Waals surface area contributed by atoms with Gasteiger partial charge in [-0.2, -0.15) is 4.99 Å². The first-order valence-electron chi connectivity index (χ1n) is 6.14. The summed E-state index contributed by atoms with van der Waals surface area (Å²) in [4.78, 5) is 17.4. The summed E-state index contributed by atoms with van der Waals surface area (Å²) in [7, 11) is 0. The molecule has 19 heavy (non-hydrogen) atoms. The van der Waals surface area contributed by atoms with E-state index in [1.54, 1.807) is 4.90 Å². The van der Waals surface area contributed by atoms with Gasteiger partial charge in [0.25, 0.3) is 0 Å². The summed E-state index contributed by atoms with van der Waals surface area (Å²) in [5.41, 5.74) is 6.77. The smallest absolute Gasteiger partial charge is 0.346 e. The molecule has 1 aromatic rings. The van der Waals surface area contributed by atoms with E-state index in [0.717, 1.165) is 5.56 Å². The van der Waals surface area contributed by atoms with Crippen LogP contribution in [0.5, 0.6) is 11.5 Å². The number of fused-ring (bicyclic) bond motifs is 1. The molecule has 2 aliphatic rings. The van der Waals surface area contributed by atoms with Crippen LogP contribution in [0, 0.1) is 0 Å². The first kappa shape index (κ1) is 11.8. The van der Waals surface area contributed by atoms with E-state index in [9.17, 15) is 4.79 Å². The number of carbonyl (C=O) groups excluding carboxylic acids is 1. The number of benzene rings is 1. The third-order valence-electron chi connectivity index (χ3n) is 3.27. The molecule has 3 rings (SSSR count). The Morgan fingerprint density at radius 1 is 1.37 bits per heavy atom. The molecule has 1 unspecified atom stereocenters. The molecule has 100 valence electrons. The number of amidine groups is 1. The van der Waals surface area contributed by atoms with Crippen molar-refractivity contribution in [3.63, 3.8) is 0 Å². The van der Waals surface area contributed by atoms with Crippen molar-refractivity contribution in [2.75, 3.05) is 6.79 Å². The molecule has 6 heteroatoms. The molecule has 0 saturated carbocycles. The van der Waals surface area contributed by atoms with Crippen LogP contribution in [0.1, 0.15) is 25.5 Å². The Hall–Kier alpha value is -2.24. The quantitative estimate of drug-likeness (QED) is 0.878. The molecule has 6 nitrogen and oxygen atoms in total. The first-order chi connectivity index (χ1) is 9.08. The predicted octanol–water partition coefficient (Wildman–Crippen LogP) is 1.66. The van der Waals surface area contributed by atoms with E-state index in [1.165, 1.54) is 0 Å². The number of rotatable bonds is 2. The number of ether oxygens (including phenoxy) is 2. The van der Waals surface area contributed by atoms with Crippen LogP contribution < -0.4 is 15.2 Å². The van der Waals surface area contributed by atoms with Gasteiger partial charge in [0.15, 0.2) is 11.5 Å². The average molecular weight is 261 g/mol. The van der Waals surface area contributed by atoms with Gasteiger partial charge in [0.2, 0.25) is 6.79 Å². The van der Waals surface area contributed by atoms with Crippen LogP contribution in [0.25, 0.3) is 0 Å². The standard InChI is InChI=1S/C13H15N3O3/c1-7(2)16-11(12(14)15-13(16)17)8-3-4-9-10(5-8)19-6-18-9/h3-5,7,11H,6H2,1-2H3,(H2,14,15,17). The molecule has 2 N–H and O–H groups in total. The summed E-state index contributed by atoms with van der Waals surface area (Å²) in [5.74, 6) is 1.70. The minimum absolute atomic E-state index is 0.0210. The van der Waals surface area contributed by atoms with Crippen molar-refractivity contribution in [1.29, 1.82) is 0 Å². The third-order valence-corrected chi connectivity index (χ3v) is 3.27. The lowest BCUT2D eigenvalue weighted by Gasteiger charge is -2.28. The number of nitrogens with zero attached hydrogens (tertiary/aromatic N) is 2. The van der Waals surface area contributed by atoms with Crippen molar-refractivity contribution in [2.45, 2.75) is 25.9 Å². The second-order valence-corrected chi connectivity index (χ2v) is 4.84. The molecule has 2 amide bonds. The molecular weight excluding hydrogens is 246 g/mol. The van der Waals surface area contributed by atoms with Crippen molar-refractivity contribution in [3.8, 4) is 11.5 Å². The van der Waals surface area contributed by atoms with E-state index in [2.05, 4.69) is 4.99 Å². The Morgan fingerprint density at radius 2 is 2.11 bits per heavy atom. The van der Waals surface area contributed by atoms with Gasteiger partial charge in [-0.25, -0.2) is 4.79 Å². The predicted molar refractivity (Wildman–Crippen MR) is 69.3 cm³/mol. The van der Waals surface area contributed by atoms with E-state index >= 15 is 0 Å². The zero-order valence-electron chi connectivity index (χ0n) is 10.8. The van der Waals surface area contributed by atoms with E-state index in [-0.39, 0.29) is 24.9 Å². The van der Waals surface area contributed by atoms with E-state index in [0.29, 0.717) is 17.3 Å². The molecule has 0 aromatic heterocycles. The maximum atomic E-state index is 11.8. The zero-order valence-corrected chi connectivity index (χ0v) is 10.8. The topological polar surface area (TPSA) is 77.2 Å². The van der Waals surface area contributed by atoms with Crippen LogP contribution in [0.2, 0.25) is 0 Å². The first-order valence-corrected chi connectivity index (χ1v) is 6.14. The summed E-state index contributed by atoms with van der Waals surface area (Å²) < 4.78 is 10.6. The van der Waals surface area contributed by atoms with Gasteiger partial charge < -0.3 is 20.1 Å². The van der Waals surface area contributed by atoms with E-state index < -0.39 is 0 Å². The molecule has 0 aliphatic carbocycles. The Kier molecular flexibility index (Phi) is 2.58. The van der Waals surface area contributed by atoms with Crippen LogP contribution in [-0.4, -0.2) is 29.6 Å². The highest BCUT2D eigenvalue weighted by Gasteiger charge is 2.36. The van der Waals surface area contributed by atoms with Crippen LogP contribution >= 0.6 is 0 Å². The molecule has 2 aliphatic heterocycles. The molecule has 0 saturated heterocycles. The van der Waals surface area contributed by atoms with Gasteiger partial charge in [0.05, 0.1) is 0 Å². The summed E-state index contributed by atoms with van der Waals surface area (Å²) in [6.45, 7) is 4.10. The van der Waals surface area contributed by atoms with Crippen molar-refractivity contribution >= 4 is 11.9 Å². The van der Waals surface area contributed by atoms with Crippen molar-refractivity contribution in [3.05, 3.63) is 23.8 Å². The molecule has 0 radical (unpaired) electrons. The fraction of sp³-hybridized carbons (Fsp3) is 0.385. The molecular formula is C13H15N3O3. The second kappa shape index (κ2) is 4.15. The Balaban J connectivity index is 2.00. The molecule has 0 bridgehead atoms. The molecule has 0 spiro atoms. The van der Waals surface area contributed by atoms with E-state index in [4.69, 9.17) is 15.2 Å². The Morgan fingerprint density at radius 3 is 2.84 bits per heavy atom. The zero-order chi connectivity index (χ0) is 13.6. The van der Waals surface area contributed by atoms with Gasteiger partial charge in [-0.1, -0.05) is 6.07 Å². The van der Waals surface area contributed by atoms with Crippen LogP contribution in [0.3, 0.4) is 0 Å². The SMILES string of the molecule is CC(C)N1C(=O)N=C(N)C1c1ccc2c(c1)OCO2. The number of nitrogens with two attached hydrogens (primary N) is 1. The summed E-state index contributed by atoms with van der Waals surface area (Å²) in [6.07, 6.45) is 0. The van der Waals surface area contributed by atoms with Gasteiger partial charge in [0.1, 0.15) is 11.9 Å². The number of aliphatic imine (C=N–C) groups is 1. The lowest BCUT2D eigenvalue weighted by Crippen LogP contribution is -2.38. The van der Waals surface area contributed by atoms with Crippen LogP contribution in [0.15, 0.2) is 23.2 Å². The Bertz CT molecular complexity index is 568. The number of carbonyl (C=O) groups is 1. The van der Waals surface area contributed by atoms with Crippen LogP contribution in [0.4, 0.5) is 4.79 Å². The monoisotopic (exact) mass is 261 g/mol. The summed E-state index contributed by atoms with van der Waals surface area (Å²) in [5, 5.41) is 0. The number of amides is 2. The Labute approximate surface area is 110 Å². The highest BCUT2D eigenvalue weighted by molar-refractivity contribution is 6.03. The second-order valence-electron chi connectivity index (χ2n) is 4.84. The highest BCUT2D eigenvalue weighted by Crippen LogP contribution is 2.37. The number of urea groups is 1. The minimum Gasteiger partial charge on any atom is -0.454 e. The maximum Gasteiger partial charge on any atom is 0.346 e. The van der Waals surface area contributed by atoms with Crippen molar-refractivity contribution in [1.82, 2.24) is 4.90 Å². The fourth-order valence-corrected chi connectivity index (χ4v) is 2.42. The molecule has 1 aromatic carbocycles. The lowest BCUT2D eigenvalue weighted by molar-refractivity contribution is 0.173. The van der Waals surface area contributed by atoms with Gasteiger partial charge in [-0.3, -0.25) is 0 Å².